The quantitative estimate of drug-likeness (QED) is 0.560. The van der Waals surface area contributed by atoms with E-state index in [2.05, 4.69) is 10.6 Å². The fourth-order valence-electron chi connectivity index (χ4n) is 2.55. The molecule has 0 saturated heterocycles. The number of nitrogens with zero attached hydrogens (tertiary/aromatic N) is 1. The van der Waals surface area contributed by atoms with Gasteiger partial charge in [0.1, 0.15) is 5.75 Å². The number of hydrogen-bond donors (Lipinski definition) is 3. The molecular weight excluding hydrogens is 318 g/mol. The highest BCUT2D eigenvalue weighted by molar-refractivity contribution is 7.80. The summed E-state index contributed by atoms with van der Waals surface area (Å²) in [5.41, 5.74) is 0.0723. The highest BCUT2D eigenvalue weighted by Crippen LogP contribution is 2.28. The molecule has 3 N–H and O–H groups in total. The third-order valence-electron chi connectivity index (χ3n) is 3.64. The van der Waals surface area contributed by atoms with Crippen LogP contribution in [0.5, 0.6) is 5.75 Å². The molecule has 0 heterocycles. The number of ether oxygens (including phenoxy) is 1. The number of thiocarbonyl (C=S) groups is 1. The van der Waals surface area contributed by atoms with Gasteiger partial charge in [-0.15, -0.1) is 0 Å². The molecule has 23 heavy (non-hydrogen) atoms. The van der Waals surface area contributed by atoms with Crippen LogP contribution in [0.1, 0.15) is 43.0 Å². The maximum absolute atomic E-state index is 12.2. The zero-order chi connectivity index (χ0) is 16.8. The van der Waals surface area contributed by atoms with E-state index in [9.17, 15) is 10.0 Å². The van der Waals surface area contributed by atoms with Crippen molar-refractivity contribution >= 4 is 28.9 Å². The average Bonchev–Trinajstić information content (AvgIpc) is 3.00. The Bertz CT molecular complexity index is 574. The second-order valence-corrected chi connectivity index (χ2v) is 5.71. The summed E-state index contributed by atoms with van der Waals surface area (Å²) in [5.74, 6) is -0.250. The Labute approximate surface area is 140 Å². The first kappa shape index (κ1) is 17.5. The number of carbonyl (C=O) groups excluding carboxylic acids is 1. The third kappa shape index (κ3) is 4.78. The summed E-state index contributed by atoms with van der Waals surface area (Å²) >= 11 is 5.13. The van der Waals surface area contributed by atoms with Crippen LogP contribution in [0, 0.1) is 5.21 Å². The lowest BCUT2D eigenvalue weighted by atomic mass is 10.1. The van der Waals surface area contributed by atoms with Gasteiger partial charge in [-0.05, 0) is 50.2 Å². The molecule has 0 spiro atoms. The van der Waals surface area contributed by atoms with Gasteiger partial charge in [-0.1, -0.05) is 12.8 Å². The number of amides is 1. The van der Waals surface area contributed by atoms with Crippen LogP contribution in [0.15, 0.2) is 18.2 Å². The van der Waals surface area contributed by atoms with Crippen LogP contribution in [-0.4, -0.2) is 28.9 Å². The Morgan fingerprint density at radius 2 is 2.17 bits per heavy atom. The van der Waals surface area contributed by atoms with Gasteiger partial charge in [0.05, 0.1) is 12.3 Å². The van der Waals surface area contributed by atoms with Crippen molar-refractivity contribution in [3.8, 4) is 5.75 Å². The fraction of sp³-hybridized carbons (Fsp3) is 0.467. The molecule has 1 aromatic rings. The number of carbonyl (C=O) groups is 1. The normalized spacial score (nSPS) is 14.4. The lowest BCUT2D eigenvalue weighted by Crippen LogP contribution is -2.43. The van der Waals surface area contributed by atoms with E-state index in [0.29, 0.717) is 12.6 Å². The molecule has 0 radical (unpaired) electrons. The van der Waals surface area contributed by atoms with Crippen LogP contribution in [0.25, 0.3) is 0 Å². The first-order valence-corrected chi connectivity index (χ1v) is 7.97. The molecular formula is C15H20N3O4S-. The summed E-state index contributed by atoms with van der Waals surface area (Å²) in [7, 11) is 0. The molecule has 2 rings (SSSR count). The smallest absolute Gasteiger partial charge is 0.257 e. The zero-order valence-corrected chi connectivity index (χ0v) is 13.7. The summed E-state index contributed by atoms with van der Waals surface area (Å²) in [6.45, 7) is 2.09. The molecule has 126 valence electrons. The Hall–Kier alpha value is -1.90. The number of anilines is 1. The van der Waals surface area contributed by atoms with Crippen molar-refractivity contribution in [3.05, 3.63) is 29.0 Å². The molecule has 1 aliphatic carbocycles. The summed E-state index contributed by atoms with van der Waals surface area (Å²) in [6, 6.07) is 4.52. The number of hydrogen-bond acceptors (Lipinski definition) is 6. The van der Waals surface area contributed by atoms with E-state index in [4.69, 9.17) is 22.2 Å². The molecule has 0 unspecified atom stereocenters. The second kappa shape index (κ2) is 8.09. The molecule has 1 aromatic carbocycles. The summed E-state index contributed by atoms with van der Waals surface area (Å²) in [5, 5.41) is 26.0. The second-order valence-electron chi connectivity index (χ2n) is 5.30. The van der Waals surface area contributed by atoms with Gasteiger partial charge in [-0.3, -0.25) is 15.3 Å². The van der Waals surface area contributed by atoms with Gasteiger partial charge in [0, 0.05) is 11.6 Å². The van der Waals surface area contributed by atoms with Crippen LogP contribution in [-0.2, 0) is 0 Å². The predicted molar refractivity (Wildman–Crippen MR) is 90.7 cm³/mol. The van der Waals surface area contributed by atoms with Gasteiger partial charge in [0.25, 0.3) is 5.91 Å². The summed E-state index contributed by atoms with van der Waals surface area (Å²) in [4.78, 5) is 12.2. The summed E-state index contributed by atoms with van der Waals surface area (Å²) in [6.07, 6.45) is 4.40. The van der Waals surface area contributed by atoms with Crippen molar-refractivity contribution in [3.63, 3.8) is 0 Å². The van der Waals surface area contributed by atoms with E-state index in [1.807, 2.05) is 0 Å². The van der Waals surface area contributed by atoms with E-state index in [1.54, 1.807) is 6.92 Å². The van der Waals surface area contributed by atoms with Crippen LogP contribution in [0.2, 0.25) is 0 Å². The summed E-state index contributed by atoms with van der Waals surface area (Å²) < 4.78 is 5.23. The Morgan fingerprint density at radius 1 is 1.48 bits per heavy atom. The van der Waals surface area contributed by atoms with Crippen LogP contribution >= 0.6 is 12.2 Å². The number of benzene rings is 1. The Balaban J connectivity index is 2.03. The molecule has 0 bridgehead atoms. The monoisotopic (exact) mass is 338 g/mol. The van der Waals surface area contributed by atoms with Gasteiger partial charge in [0.2, 0.25) is 0 Å². The minimum absolute atomic E-state index is 0.130. The average molecular weight is 338 g/mol. The van der Waals surface area contributed by atoms with Gasteiger partial charge in [-0.2, -0.15) is 0 Å². The Morgan fingerprint density at radius 3 is 2.78 bits per heavy atom. The third-order valence-corrected chi connectivity index (χ3v) is 3.86. The predicted octanol–water partition coefficient (Wildman–Crippen LogP) is 2.33. The lowest BCUT2D eigenvalue weighted by Gasteiger charge is -2.24. The van der Waals surface area contributed by atoms with Crippen molar-refractivity contribution in [2.24, 2.45) is 0 Å². The minimum atomic E-state index is -0.452. The fourth-order valence-corrected chi connectivity index (χ4v) is 2.81. The molecule has 1 aliphatic rings. The first-order valence-electron chi connectivity index (χ1n) is 7.56. The van der Waals surface area contributed by atoms with E-state index >= 15 is 0 Å². The van der Waals surface area contributed by atoms with Crippen LogP contribution < -0.4 is 20.6 Å². The van der Waals surface area contributed by atoms with Crippen molar-refractivity contribution < 1.29 is 14.7 Å². The van der Waals surface area contributed by atoms with E-state index in [1.165, 1.54) is 18.2 Å². The molecule has 1 fully saturated rings. The maximum Gasteiger partial charge on any atom is 0.257 e. The largest absolute Gasteiger partial charge is 0.733 e. The molecule has 1 saturated carbocycles. The first-order chi connectivity index (χ1) is 11.0. The SMILES string of the molecule is CCOc1ccc(C(=O)NC(=S)NC2CCCC2)cc1N([O-])O. The Kier molecular flexibility index (Phi) is 6.14. The molecule has 0 aromatic heterocycles. The van der Waals surface area contributed by atoms with Gasteiger partial charge in [0.15, 0.2) is 5.11 Å². The van der Waals surface area contributed by atoms with Gasteiger partial charge in [-0.25, -0.2) is 0 Å². The highest BCUT2D eigenvalue weighted by atomic mass is 32.1. The standard InChI is InChI=1S/C15H20N3O4S/c1-2-22-13-8-7-10(9-12(13)18(20)21)14(19)17-15(23)16-11-5-3-4-6-11/h7-9,11,20H,2-6H2,1H3,(H2,16,17,19,23)/q-1. The highest BCUT2D eigenvalue weighted by Gasteiger charge is 2.17. The van der Waals surface area contributed by atoms with Crippen molar-refractivity contribution in [2.75, 3.05) is 11.8 Å². The van der Waals surface area contributed by atoms with E-state index in [0.717, 1.165) is 25.7 Å². The van der Waals surface area contributed by atoms with Gasteiger partial charge < -0.3 is 20.5 Å². The van der Waals surface area contributed by atoms with Crippen LogP contribution in [0.3, 0.4) is 0 Å². The van der Waals surface area contributed by atoms with E-state index < -0.39 is 5.91 Å². The van der Waals surface area contributed by atoms with Crippen molar-refractivity contribution in [1.82, 2.24) is 10.6 Å². The molecule has 0 aliphatic heterocycles. The molecule has 7 nitrogen and oxygen atoms in total. The topological polar surface area (TPSA) is 96.9 Å². The van der Waals surface area contributed by atoms with E-state index in [-0.39, 0.29) is 27.3 Å². The lowest BCUT2D eigenvalue weighted by molar-refractivity contribution is 0.0976. The maximum atomic E-state index is 12.2. The zero-order valence-electron chi connectivity index (χ0n) is 12.9. The van der Waals surface area contributed by atoms with Crippen molar-refractivity contribution in [2.45, 2.75) is 38.6 Å². The molecule has 8 heteroatoms. The number of rotatable bonds is 5. The molecule has 0 atom stereocenters. The number of nitrogens with one attached hydrogen (secondary N) is 2. The van der Waals surface area contributed by atoms with Gasteiger partial charge >= 0.3 is 0 Å². The van der Waals surface area contributed by atoms with Crippen molar-refractivity contribution in [1.29, 1.82) is 0 Å². The minimum Gasteiger partial charge on any atom is -0.733 e. The molecule has 1 amide bonds. The van der Waals surface area contributed by atoms with Crippen LogP contribution in [0.4, 0.5) is 5.69 Å².